The molecule has 0 radical (unpaired) electrons. The van der Waals surface area contributed by atoms with Crippen molar-refractivity contribution in [1.82, 2.24) is 5.32 Å². The van der Waals surface area contributed by atoms with Gasteiger partial charge in [-0.3, -0.25) is 0 Å². The molecular formula is C13H22N2O. The second kappa shape index (κ2) is 6.51. The van der Waals surface area contributed by atoms with Gasteiger partial charge in [0.05, 0.1) is 6.61 Å². The maximum Gasteiger partial charge on any atom is 0.0601 e. The molecule has 0 aliphatic rings. The topological polar surface area (TPSA) is 35.5 Å². The van der Waals surface area contributed by atoms with Crippen LogP contribution in [0.1, 0.15) is 12.5 Å². The lowest BCUT2D eigenvalue weighted by Gasteiger charge is -2.25. The van der Waals surface area contributed by atoms with Crippen LogP contribution in [0.2, 0.25) is 0 Å². The van der Waals surface area contributed by atoms with E-state index in [-0.39, 0.29) is 12.6 Å². The summed E-state index contributed by atoms with van der Waals surface area (Å²) in [6.45, 7) is 6.01. The van der Waals surface area contributed by atoms with Crippen LogP contribution in [0.3, 0.4) is 0 Å². The van der Waals surface area contributed by atoms with Crippen LogP contribution in [-0.4, -0.2) is 37.9 Å². The maximum absolute atomic E-state index is 9.22. The smallest absolute Gasteiger partial charge is 0.0601 e. The Morgan fingerprint density at radius 1 is 1.44 bits per heavy atom. The van der Waals surface area contributed by atoms with Crippen LogP contribution >= 0.6 is 0 Å². The zero-order chi connectivity index (χ0) is 12.0. The highest BCUT2D eigenvalue weighted by Gasteiger charge is 2.09. The summed E-state index contributed by atoms with van der Waals surface area (Å²) in [5, 5.41) is 12.5. The van der Waals surface area contributed by atoms with Gasteiger partial charge in [-0.1, -0.05) is 19.1 Å². The number of aryl methyl sites for hydroxylation is 1. The zero-order valence-corrected chi connectivity index (χ0v) is 10.4. The van der Waals surface area contributed by atoms with Crippen LogP contribution in [0.5, 0.6) is 0 Å². The van der Waals surface area contributed by atoms with Crippen molar-refractivity contribution in [2.24, 2.45) is 0 Å². The van der Waals surface area contributed by atoms with Gasteiger partial charge in [0.25, 0.3) is 0 Å². The third-order valence-corrected chi connectivity index (χ3v) is 2.65. The largest absolute Gasteiger partial charge is 0.395 e. The molecule has 90 valence electrons. The Balaban J connectivity index is 2.60. The third-order valence-electron chi connectivity index (χ3n) is 2.65. The minimum absolute atomic E-state index is 0.135. The lowest BCUT2D eigenvalue weighted by atomic mass is 10.2. The summed E-state index contributed by atoms with van der Waals surface area (Å²) >= 11 is 0. The van der Waals surface area contributed by atoms with E-state index in [9.17, 15) is 5.11 Å². The van der Waals surface area contributed by atoms with Crippen molar-refractivity contribution >= 4 is 5.69 Å². The standard InChI is InChI=1S/C13H22N2O/c1-4-14-12(10-16)9-15(3)13-7-5-6-11(2)8-13/h5-8,12,14,16H,4,9-10H2,1-3H3. The monoisotopic (exact) mass is 222 g/mol. The Bertz CT molecular complexity index is 315. The molecule has 2 N–H and O–H groups in total. The minimum Gasteiger partial charge on any atom is -0.395 e. The molecule has 0 fully saturated rings. The van der Waals surface area contributed by atoms with Gasteiger partial charge in [-0.2, -0.15) is 0 Å². The Hall–Kier alpha value is -1.06. The number of benzene rings is 1. The highest BCUT2D eigenvalue weighted by atomic mass is 16.3. The molecule has 0 spiro atoms. The fourth-order valence-corrected chi connectivity index (χ4v) is 1.78. The number of hydrogen-bond donors (Lipinski definition) is 2. The predicted octanol–water partition coefficient (Wildman–Crippen LogP) is 1.40. The summed E-state index contributed by atoms with van der Waals surface area (Å²) in [5.41, 5.74) is 2.45. The summed E-state index contributed by atoms with van der Waals surface area (Å²) in [6, 6.07) is 8.52. The summed E-state index contributed by atoms with van der Waals surface area (Å²) in [4.78, 5) is 2.16. The first kappa shape index (κ1) is 13.0. The number of anilines is 1. The highest BCUT2D eigenvalue weighted by molar-refractivity contribution is 5.47. The van der Waals surface area contributed by atoms with Gasteiger partial charge in [0.2, 0.25) is 0 Å². The summed E-state index contributed by atoms with van der Waals surface area (Å²) in [6.07, 6.45) is 0. The number of likely N-dealkylation sites (N-methyl/N-ethyl adjacent to an activating group) is 2. The van der Waals surface area contributed by atoms with Crippen LogP contribution in [0, 0.1) is 6.92 Å². The predicted molar refractivity (Wildman–Crippen MR) is 69.0 cm³/mol. The van der Waals surface area contributed by atoms with Gasteiger partial charge in [-0.05, 0) is 31.2 Å². The van der Waals surface area contributed by atoms with Crippen LogP contribution in [0.15, 0.2) is 24.3 Å². The molecule has 1 unspecified atom stereocenters. The molecule has 1 aromatic rings. The van der Waals surface area contributed by atoms with Gasteiger partial charge in [-0.15, -0.1) is 0 Å². The van der Waals surface area contributed by atoms with Crippen LogP contribution in [0.25, 0.3) is 0 Å². The fraction of sp³-hybridized carbons (Fsp3) is 0.538. The average molecular weight is 222 g/mol. The molecule has 1 atom stereocenters. The first-order valence-electron chi connectivity index (χ1n) is 5.79. The normalized spacial score (nSPS) is 12.5. The lowest BCUT2D eigenvalue weighted by molar-refractivity contribution is 0.246. The summed E-state index contributed by atoms with van der Waals surface area (Å²) in [5.74, 6) is 0. The Kier molecular flexibility index (Phi) is 5.29. The number of aliphatic hydroxyl groups excluding tert-OH is 1. The number of aliphatic hydroxyl groups is 1. The van der Waals surface area contributed by atoms with Crippen LogP contribution in [-0.2, 0) is 0 Å². The van der Waals surface area contributed by atoms with E-state index in [2.05, 4.69) is 55.4 Å². The van der Waals surface area contributed by atoms with Crippen molar-refractivity contribution in [2.45, 2.75) is 19.9 Å². The molecule has 3 heteroatoms. The van der Waals surface area contributed by atoms with E-state index in [0.717, 1.165) is 13.1 Å². The van der Waals surface area contributed by atoms with Gasteiger partial charge in [0, 0.05) is 25.3 Å². The molecule has 0 saturated heterocycles. The molecule has 0 amide bonds. The van der Waals surface area contributed by atoms with Gasteiger partial charge in [-0.25, -0.2) is 0 Å². The summed E-state index contributed by atoms with van der Waals surface area (Å²) in [7, 11) is 2.05. The Morgan fingerprint density at radius 2 is 2.19 bits per heavy atom. The first-order valence-corrected chi connectivity index (χ1v) is 5.79. The van der Waals surface area contributed by atoms with E-state index in [0.29, 0.717) is 0 Å². The van der Waals surface area contributed by atoms with E-state index < -0.39 is 0 Å². The van der Waals surface area contributed by atoms with Crippen LogP contribution < -0.4 is 10.2 Å². The molecule has 0 saturated carbocycles. The Labute approximate surface area is 98.1 Å². The van der Waals surface area contributed by atoms with Crippen molar-refractivity contribution < 1.29 is 5.11 Å². The molecule has 0 heterocycles. The zero-order valence-electron chi connectivity index (χ0n) is 10.4. The molecule has 1 aromatic carbocycles. The van der Waals surface area contributed by atoms with Crippen molar-refractivity contribution in [1.29, 1.82) is 0 Å². The lowest BCUT2D eigenvalue weighted by Crippen LogP contribution is -2.42. The number of nitrogens with zero attached hydrogens (tertiary/aromatic N) is 1. The molecule has 0 aromatic heterocycles. The van der Waals surface area contributed by atoms with Crippen molar-refractivity contribution in [2.75, 3.05) is 31.6 Å². The molecule has 0 aliphatic carbocycles. The van der Waals surface area contributed by atoms with Crippen molar-refractivity contribution in [3.05, 3.63) is 29.8 Å². The van der Waals surface area contributed by atoms with E-state index in [1.54, 1.807) is 0 Å². The van der Waals surface area contributed by atoms with E-state index in [1.165, 1.54) is 11.3 Å². The number of rotatable bonds is 6. The molecular weight excluding hydrogens is 200 g/mol. The van der Waals surface area contributed by atoms with E-state index >= 15 is 0 Å². The number of hydrogen-bond acceptors (Lipinski definition) is 3. The Morgan fingerprint density at radius 3 is 2.75 bits per heavy atom. The van der Waals surface area contributed by atoms with Crippen molar-refractivity contribution in [3.63, 3.8) is 0 Å². The maximum atomic E-state index is 9.22. The SMILES string of the molecule is CCNC(CO)CN(C)c1cccc(C)c1. The number of nitrogens with one attached hydrogen (secondary N) is 1. The summed E-state index contributed by atoms with van der Waals surface area (Å²) < 4.78 is 0. The quantitative estimate of drug-likeness (QED) is 0.764. The molecule has 1 rings (SSSR count). The first-order chi connectivity index (χ1) is 7.67. The molecule has 3 nitrogen and oxygen atoms in total. The average Bonchev–Trinajstić information content (AvgIpc) is 2.28. The van der Waals surface area contributed by atoms with Gasteiger partial charge >= 0.3 is 0 Å². The van der Waals surface area contributed by atoms with E-state index in [4.69, 9.17) is 0 Å². The second-order valence-corrected chi connectivity index (χ2v) is 4.16. The van der Waals surface area contributed by atoms with E-state index in [1.807, 2.05) is 0 Å². The van der Waals surface area contributed by atoms with Gasteiger partial charge < -0.3 is 15.3 Å². The molecule has 0 aliphatic heterocycles. The molecule has 0 bridgehead atoms. The van der Waals surface area contributed by atoms with Gasteiger partial charge in [0.15, 0.2) is 0 Å². The third kappa shape index (κ3) is 3.83. The van der Waals surface area contributed by atoms with Crippen LogP contribution in [0.4, 0.5) is 5.69 Å². The second-order valence-electron chi connectivity index (χ2n) is 4.16. The molecule has 16 heavy (non-hydrogen) atoms. The van der Waals surface area contributed by atoms with Gasteiger partial charge in [0.1, 0.15) is 0 Å². The fourth-order valence-electron chi connectivity index (χ4n) is 1.78. The van der Waals surface area contributed by atoms with Crippen molar-refractivity contribution in [3.8, 4) is 0 Å². The highest BCUT2D eigenvalue weighted by Crippen LogP contribution is 2.14. The minimum atomic E-state index is 0.135.